The number of hydrogen-bond donors (Lipinski definition) is 1. The van der Waals surface area contributed by atoms with E-state index in [0.717, 1.165) is 10.4 Å². The Bertz CT molecular complexity index is 922. The number of nitrogens with two attached hydrogens (primary N) is 1. The van der Waals surface area contributed by atoms with Gasteiger partial charge in [0.05, 0.1) is 15.7 Å². The molecule has 24 heavy (non-hydrogen) atoms. The zero-order valence-electron chi connectivity index (χ0n) is 13.4. The maximum absolute atomic E-state index is 12.7. The van der Waals surface area contributed by atoms with Gasteiger partial charge in [-0.3, -0.25) is 4.99 Å². The molecule has 0 fully saturated rings. The van der Waals surface area contributed by atoms with E-state index in [1.165, 1.54) is 17.7 Å². The van der Waals surface area contributed by atoms with E-state index in [1.54, 1.807) is 39.2 Å². The summed E-state index contributed by atoms with van der Waals surface area (Å²) in [7, 11) is -3.47. The van der Waals surface area contributed by atoms with Crippen molar-refractivity contribution in [3.8, 4) is 10.4 Å². The van der Waals surface area contributed by atoms with Crippen LogP contribution in [0.15, 0.2) is 29.8 Å². The van der Waals surface area contributed by atoms with Crippen molar-refractivity contribution in [2.45, 2.75) is 31.1 Å². The van der Waals surface area contributed by atoms with Gasteiger partial charge in [-0.2, -0.15) is 0 Å². The van der Waals surface area contributed by atoms with Gasteiger partial charge in [0.15, 0.2) is 9.84 Å². The molecule has 0 spiro atoms. The van der Waals surface area contributed by atoms with Gasteiger partial charge in [0.1, 0.15) is 22.4 Å². The normalized spacial score (nSPS) is 25.2. The van der Waals surface area contributed by atoms with Crippen LogP contribution in [-0.2, 0) is 15.4 Å². The number of aromatic nitrogens is 2. The lowest BCUT2D eigenvalue weighted by Gasteiger charge is -2.37. The summed E-state index contributed by atoms with van der Waals surface area (Å²) in [6, 6.07) is 1.78. The molecule has 128 valence electrons. The quantitative estimate of drug-likeness (QED) is 0.858. The fourth-order valence-corrected chi connectivity index (χ4v) is 5.94. The smallest absolute Gasteiger partial charge is 0.165 e. The molecular weight excluding hydrogens is 368 g/mol. The van der Waals surface area contributed by atoms with E-state index in [9.17, 15) is 8.42 Å². The minimum atomic E-state index is -3.47. The summed E-state index contributed by atoms with van der Waals surface area (Å²) in [6.07, 6.45) is 4.81. The Labute approximate surface area is 149 Å². The van der Waals surface area contributed by atoms with Crippen LogP contribution in [0.4, 0.5) is 0 Å². The summed E-state index contributed by atoms with van der Waals surface area (Å²) >= 11 is 7.78. The van der Waals surface area contributed by atoms with E-state index in [4.69, 9.17) is 17.3 Å². The van der Waals surface area contributed by atoms with Crippen LogP contribution in [0.3, 0.4) is 0 Å². The molecule has 1 unspecified atom stereocenters. The Morgan fingerprint density at radius 2 is 1.88 bits per heavy atom. The summed E-state index contributed by atoms with van der Waals surface area (Å²) in [4.78, 5) is 14.0. The lowest BCUT2D eigenvalue weighted by atomic mass is 10.0. The third kappa shape index (κ3) is 2.62. The average Bonchev–Trinajstić information content (AvgIpc) is 2.89. The fraction of sp³-hybridized carbons (Fsp3) is 0.400. The Morgan fingerprint density at radius 3 is 2.46 bits per heavy atom. The Morgan fingerprint density at radius 1 is 1.25 bits per heavy atom. The first-order valence-corrected chi connectivity index (χ1v) is 10.0. The maximum Gasteiger partial charge on any atom is 0.165 e. The first kappa shape index (κ1) is 17.3. The standard InChI is InChI=1S/C15H17ClN4O2S2/c1-14(2)13(17)20-15(3,7-24(14,21)22)12-10(16)4-11(23-12)9-5-18-8-19-6-9/h4-6,8H,7H2,1-3H3,(H2,17,20). The van der Waals surface area contributed by atoms with Crippen LogP contribution >= 0.6 is 22.9 Å². The van der Waals surface area contributed by atoms with Crippen molar-refractivity contribution in [1.82, 2.24) is 9.97 Å². The second-order valence-corrected chi connectivity index (χ2v) is 10.5. The number of aliphatic imine (C=N–C) groups is 1. The topological polar surface area (TPSA) is 98.3 Å². The molecule has 3 rings (SSSR count). The summed E-state index contributed by atoms with van der Waals surface area (Å²) in [5.41, 5.74) is 5.79. The average molecular weight is 385 g/mol. The van der Waals surface area contributed by atoms with Gasteiger partial charge in [-0.25, -0.2) is 18.4 Å². The van der Waals surface area contributed by atoms with Crippen LogP contribution in [0.25, 0.3) is 10.4 Å². The van der Waals surface area contributed by atoms with Crippen LogP contribution in [0.2, 0.25) is 5.02 Å². The number of nitrogens with zero attached hydrogens (tertiary/aromatic N) is 3. The van der Waals surface area contributed by atoms with Crippen molar-refractivity contribution in [2.75, 3.05) is 5.75 Å². The Hall–Kier alpha value is -1.51. The molecule has 0 aliphatic carbocycles. The summed E-state index contributed by atoms with van der Waals surface area (Å²) in [6.45, 7) is 4.89. The van der Waals surface area contributed by atoms with Crippen LogP contribution in [0, 0.1) is 0 Å². The summed E-state index contributed by atoms with van der Waals surface area (Å²) in [5.74, 6) is -0.0381. The van der Waals surface area contributed by atoms with E-state index in [0.29, 0.717) is 9.90 Å². The summed E-state index contributed by atoms with van der Waals surface area (Å²) < 4.78 is 24.2. The number of hydrogen-bond acceptors (Lipinski definition) is 7. The van der Waals surface area contributed by atoms with E-state index in [1.807, 2.05) is 0 Å². The molecular formula is C15H17ClN4O2S2. The molecule has 0 bridgehead atoms. The molecule has 2 aromatic rings. The van der Waals surface area contributed by atoms with Gasteiger partial charge in [-0.15, -0.1) is 11.3 Å². The molecule has 0 amide bonds. The van der Waals surface area contributed by atoms with Gasteiger partial charge in [0, 0.05) is 22.8 Å². The van der Waals surface area contributed by atoms with Gasteiger partial charge in [-0.05, 0) is 26.8 Å². The summed E-state index contributed by atoms with van der Waals surface area (Å²) in [5, 5.41) is 0.466. The van der Waals surface area contributed by atoms with Crippen LogP contribution in [0.1, 0.15) is 25.6 Å². The minimum absolute atomic E-state index is 0.102. The predicted molar refractivity (Wildman–Crippen MR) is 97.2 cm³/mol. The van der Waals surface area contributed by atoms with E-state index < -0.39 is 20.1 Å². The third-order valence-corrected chi connectivity index (χ3v) is 8.81. The second-order valence-electron chi connectivity index (χ2n) is 6.46. The highest BCUT2D eigenvalue weighted by molar-refractivity contribution is 7.93. The molecule has 0 saturated heterocycles. The van der Waals surface area contributed by atoms with Crippen LogP contribution < -0.4 is 5.73 Å². The zero-order chi connectivity index (χ0) is 17.8. The Balaban J connectivity index is 2.13. The van der Waals surface area contributed by atoms with E-state index >= 15 is 0 Å². The molecule has 0 saturated carbocycles. The predicted octanol–water partition coefficient (Wildman–Crippen LogP) is 2.64. The lowest BCUT2D eigenvalue weighted by Crippen LogP contribution is -2.54. The highest BCUT2D eigenvalue weighted by Gasteiger charge is 2.49. The van der Waals surface area contributed by atoms with Crippen LogP contribution in [0.5, 0.6) is 0 Å². The van der Waals surface area contributed by atoms with E-state index in [2.05, 4.69) is 15.0 Å². The van der Waals surface area contributed by atoms with Gasteiger partial charge >= 0.3 is 0 Å². The van der Waals surface area contributed by atoms with Crippen molar-refractivity contribution < 1.29 is 8.42 Å². The first-order valence-electron chi connectivity index (χ1n) is 7.20. The van der Waals surface area contributed by atoms with Crippen molar-refractivity contribution in [2.24, 2.45) is 10.7 Å². The van der Waals surface area contributed by atoms with E-state index in [-0.39, 0.29) is 11.6 Å². The highest BCUT2D eigenvalue weighted by Crippen LogP contribution is 2.45. The Kier molecular flexibility index (Phi) is 3.97. The molecule has 1 aliphatic heterocycles. The van der Waals surface area contributed by atoms with Crippen molar-refractivity contribution in [1.29, 1.82) is 0 Å². The molecule has 2 N–H and O–H groups in total. The highest BCUT2D eigenvalue weighted by atomic mass is 35.5. The largest absolute Gasteiger partial charge is 0.386 e. The third-order valence-electron chi connectivity index (χ3n) is 4.25. The molecule has 9 heteroatoms. The number of rotatable bonds is 2. The van der Waals surface area contributed by atoms with Gasteiger partial charge in [-0.1, -0.05) is 11.6 Å². The van der Waals surface area contributed by atoms with Crippen molar-refractivity contribution >= 4 is 38.6 Å². The minimum Gasteiger partial charge on any atom is -0.386 e. The van der Waals surface area contributed by atoms with Gasteiger partial charge < -0.3 is 5.73 Å². The maximum atomic E-state index is 12.7. The fourth-order valence-electron chi connectivity index (χ4n) is 2.56. The molecule has 1 atom stereocenters. The van der Waals surface area contributed by atoms with Gasteiger partial charge in [0.25, 0.3) is 0 Å². The SMILES string of the molecule is CC1(c2sc(-c3cncnc3)cc2Cl)CS(=O)(=O)C(C)(C)C(N)=N1. The molecule has 2 aromatic heterocycles. The zero-order valence-corrected chi connectivity index (χ0v) is 15.8. The molecule has 6 nitrogen and oxygen atoms in total. The van der Waals surface area contributed by atoms with Crippen molar-refractivity contribution in [3.05, 3.63) is 34.7 Å². The number of amidine groups is 1. The molecule has 0 aromatic carbocycles. The molecule has 1 aliphatic rings. The lowest BCUT2D eigenvalue weighted by molar-refractivity contribution is 0.507. The van der Waals surface area contributed by atoms with Gasteiger partial charge in [0.2, 0.25) is 0 Å². The first-order chi connectivity index (χ1) is 11.1. The second kappa shape index (κ2) is 5.50. The van der Waals surface area contributed by atoms with Crippen LogP contribution in [-0.4, -0.2) is 34.7 Å². The monoisotopic (exact) mass is 384 g/mol. The molecule has 3 heterocycles. The number of thiophene rings is 1. The number of sulfone groups is 1. The molecule has 0 radical (unpaired) electrons. The number of halogens is 1. The van der Waals surface area contributed by atoms with Crippen molar-refractivity contribution in [3.63, 3.8) is 0 Å².